The Bertz CT molecular complexity index is 201. The molecule has 0 saturated heterocycles. The number of hydrogen-bond acceptors (Lipinski definition) is 2. The molecule has 0 amide bonds. The van der Waals surface area contributed by atoms with Gasteiger partial charge in [0, 0.05) is 0 Å². The van der Waals surface area contributed by atoms with Gasteiger partial charge >= 0.3 is 57.4 Å². The Kier molecular flexibility index (Phi) is 20.1. The van der Waals surface area contributed by atoms with Crippen LogP contribution in [0.25, 0.3) is 0 Å². The van der Waals surface area contributed by atoms with Crippen LogP contribution < -0.4 is 51.4 Å². The molecule has 0 bridgehead atoms. The molecule has 0 aromatic heterocycles. The van der Waals surface area contributed by atoms with E-state index in [1.165, 1.54) is 57.8 Å². The number of carbonyl (C=O) groups is 1. The smallest absolute Gasteiger partial charge is 0.480 e. The Balaban J connectivity index is 0. The van der Waals surface area contributed by atoms with E-state index in [0.29, 0.717) is 0 Å². The van der Waals surface area contributed by atoms with Crippen LogP contribution in [0.3, 0.4) is 0 Å². The molecule has 0 saturated carbocycles. The third-order valence-electron chi connectivity index (χ3n) is 3.30. The van der Waals surface area contributed by atoms with Crippen molar-refractivity contribution in [1.82, 2.24) is 4.90 Å². The first kappa shape index (κ1) is 22.3. The van der Waals surface area contributed by atoms with E-state index in [2.05, 4.69) is 6.92 Å². The van der Waals surface area contributed by atoms with Gasteiger partial charge < -0.3 is 5.11 Å². The third kappa shape index (κ3) is 19.1. The van der Waals surface area contributed by atoms with Gasteiger partial charge in [-0.1, -0.05) is 64.7 Å². The Morgan fingerprint density at radius 2 is 1.32 bits per heavy atom. The van der Waals surface area contributed by atoms with Crippen LogP contribution in [0.5, 0.6) is 0 Å². The van der Waals surface area contributed by atoms with Gasteiger partial charge in [-0.2, -0.15) is 0 Å². The van der Waals surface area contributed by atoms with Crippen LogP contribution in [0, 0.1) is 0 Å². The number of nitrogens with zero attached hydrogens (tertiary/aromatic N) is 1. The molecule has 0 radical (unpaired) electrons. The average molecular weight is 297 g/mol. The maximum atomic E-state index is 10.5. The average Bonchev–Trinajstić information content (AvgIpc) is 2.30. The van der Waals surface area contributed by atoms with Crippen molar-refractivity contribution in [1.29, 1.82) is 0 Å². The molecule has 0 rings (SSSR count). The summed E-state index contributed by atoms with van der Waals surface area (Å²) in [7, 11) is 1.88. The van der Waals surface area contributed by atoms with Crippen molar-refractivity contribution in [3.8, 4) is 0 Å². The number of rotatable bonds is 13. The minimum absolute atomic E-state index is 0. The second-order valence-electron chi connectivity index (χ2n) is 5.31. The van der Waals surface area contributed by atoms with Crippen molar-refractivity contribution in [3.05, 3.63) is 0 Å². The van der Waals surface area contributed by atoms with E-state index in [1.54, 1.807) is 0 Å². The predicted molar refractivity (Wildman–Crippen MR) is 77.0 cm³/mol. The standard InChI is InChI=1S/C15H31NO2.K/c1-3-4-5-6-7-8-9-10-11-12-13-16(2)14-15(17)18;/h3-14H2,1-2H3,(H,17,18);/q;+1. The van der Waals surface area contributed by atoms with Crippen LogP contribution in [-0.2, 0) is 4.79 Å². The molecule has 108 valence electrons. The van der Waals surface area contributed by atoms with E-state index < -0.39 is 5.97 Å². The van der Waals surface area contributed by atoms with E-state index in [4.69, 9.17) is 5.11 Å². The number of likely N-dealkylation sites (N-methyl/N-ethyl adjacent to an activating group) is 1. The summed E-state index contributed by atoms with van der Waals surface area (Å²) in [6.45, 7) is 3.32. The van der Waals surface area contributed by atoms with Gasteiger partial charge in [-0.15, -0.1) is 0 Å². The van der Waals surface area contributed by atoms with Crippen molar-refractivity contribution in [2.75, 3.05) is 20.1 Å². The van der Waals surface area contributed by atoms with E-state index in [1.807, 2.05) is 11.9 Å². The normalized spacial score (nSPS) is 10.5. The van der Waals surface area contributed by atoms with E-state index in [-0.39, 0.29) is 57.9 Å². The Labute approximate surface area is 161 Å². The molecule has 0 atom stereocenters. The number of hydrogen-bond donors (Lipinski definition) is 1. The van der Waals surface area contributed by atoms with E-state index >= 15 is 0 Å². The summed E-state index contributed by atoms with van der Waals surface area (Å²) in [4.78, 5) is 12.3. The van der Waals surface area contributed by atoms with Gasteiger partial charge in [0.2, 0.25) is 0 Å². The van der Waals surface area contributed by atoms with Crippen molar-refractivity contribution in [2.24, 2.45) is 0 Å². The third-order valence-corrected chi connectivity index (χ3v) is 3.30. The largest absolute Gasteiger partial charge is 1.00 e. The summed E-state index contributed by atoms with van der Waals surface area (Å²) in [5.41, 5.74) is 0. The van der Waals surface area contributed by atoms with Crippen LogP contribution in [0.15, 0.2) is 0 Å². The molecule has 0 heterocycles. The molecule has 0 aromatic rings. The summed E-state index contributed by atoms with van der Waals surface area (Å²) >= 11 is 0. The van der Waals surface area contributed by atoms with E-state index in [9.17, 15) is 4.79 Å². The fourth-order valence-electron chi connectivity index (χ4n) is 2.18. The van der Waals surface area contributed by atoms with Crippen LogP contribution >= 0.6 is 0 Å². The molecular weight excluding hydrogens is 265 g/mol. The first-order valence-corrected chi connectivity index (χ1v) is 7.57. The van der Waals surface area contributed by atoms with Gasteiger partial charge in [0.05, 0.1) is 6.54 Å². The van der Waals surface area contributed by atoms with E-state index in [0.717, 1.165) is 13.0 Å². The first-order chi connectivity index (χ1) is 8.66. The van der Waals surface area contributed by atoms with Crippen molar-refractivity contribution in [2.45, 2.75) is 71.1 Å². The Morgan fingerprint density at radius 3 is 1.74 bits per heavy atom. The molecular formula is C15H31KNO2+. The van der Waals surface area contributed by atoms with Crippen molar-refractivity contribution < 1.29 is 61.3 Å². The summed E-state index contributed by atoms with van der Waals surface area (Å²) in [5.74, 6) is -0.732. The summed E-state index contributed by atoms with van der Waals surface area (Å²) in [6, 6.07) is 0. The fraction of sp³-hybridized carbons (Fsp3) is 0.933. The van der Waals surface area contributed by atoms with Gasteiger partial charge in [0.15, 0.2) is 0 Å². The summed E-state index contributed by atoms with van der Waals surface area (Å²) < 4.78 is 0. The molecule has 0 aromatic carbocycles. The zero-order chi connectivity index (χ0) is 13.6. The molecule has 0 fully saturated rings. The number of carboxylic acids is 1. The van der Waals surface area contributed by atoms with Crippen LogP contribution in [0.1, 0.15) is 71.1 Å². The molecule has 19 heavy (non-hydrogen) atoms. The monoisotopic (exact) mass is 296 g/mol. The number of carboxylic acid groups (broad SMARTS) is 1. The van der Waals surface area contributed by atoms with Gasteiger partial charge in [0.25, 0.3) is 0 Å². The van der Waals surface area contributed by atoms with Gasteiger partial charge in [-0.05, 0) is 20.0 Å². The quantitative estimate of drug-likeness (QED) is 0.406. The SMILES string of the molecule is CCCCCCCCCCCCN(C)CC(=O)O.[K+]. The van der Waals surface area contributed by atoms with Crippen LogP contribution in [-0.4, -0.2) is 36.1 Å². The second kappa shape index (κ2) is 17.1. The predicted octanol–water partition coefficient (Wildman–Crippen LogP) is 0.928. The topological polar surface area (TPSA) is 40.5 Å². The fourth-order valence-corrected chi connectivity index (χ4v) is 2.18. The minimum Gasteiger partial charge on any atom is -0.480 e. The zero-order valence-electron chi connectivity index (χ0n) is 13.3. The van der Waals surface area contributed by atoms with Crippen LogP contribution in [0.4, 0.5) is 0 Å². The minimum atomic E-state index is -0.732. The molecule has 0 aliphatic rings. The zero-order valence-corrected chi connectivity index (χ0v) is 16.4. The molecule has 0 aliphatic heterocycles. The Hall–Kier alpha value is 1.07. The molecule has 3 nitrogen and oxygen atoms in total. The molecule has 0 unspecified atom stereocenters. The molecule has 4 heteroatoms. The second-order valence-corrected chi connectivity index (χ2v) is 5.31. The Morgan fingerprint density at radius 1 is 0.895 bits per heavy atom. The maximum Gasteiger partial charge on any atom is 1.00 e. The maximum absolute atomic E-state index is 10.5. The van der Waals surface area contributed by atoms with Gasteiger partial charge in [-0.3, -0.25) is 9.69 Å². The summed E-state index contributed by atoms with van der Waals surface area (Å²) in [6.07, 6.45) is 13.3. The number of unbranched alkanes of at least 4 members (excludes halogenated alkanes) is 9. The molecule has 0 aliphatic carbocycles. The van der Waals surface area contributed by atoms with Crippen LogP contribution in [0.2, 0.25) is 0 Å². The van der Waals surface area contributed by atoms with Gasteiger partial charge in [0.1, 0.15) is 0 Å². The molecule has 0 spiro atoms. The summed E-state index contributed by atoms with van der Waals surface area (Å²) in [5, 5.41) is 8.60. The molecule has 1 N–H and O–H groups in total. The van der Waals surface area contributed by atoms with Gasteiger partial charge in [-0.25, -0.2) is 0 Å². The van der Waals surface area contributed by atoms with Crippen molar-refractivity contribution >= 4 is 5.97 Å². The van der Waals surface area contributed by atoms with Crippen molar-refractivity contribution in [3.63, 3.8) is 0 Å². The number of aliphatic carboxylic acids is 1. The first-order valence-electron chi connectivity index (χ1n) is 7.57.